The molecule has 1 aromatic carbocycles. The summed E-state index contributed by atoms with van der Waals surface area (Å²) in [5.41, 5.74) is 8.98. The molecule has 29 heavy (non-hydrogen) atoms. The van der Waals surface area contributed by atoms with Crippen molar-refractivity contribution in [1.82, 2.24) is 4.98 Å². The predicted molar refractivity (Wildman–Crippen MR) is 122 cm³/mol. The zero-order chi connectivity index (χ0) is 21.8. The second-order valence-corrected chi connectivity index (χ2v) is 6.08. The van der Waals surface area contributed by atoms with Crippen LogP contribution in [0.25, 0.3) is 0 Å². The summed E-state index contributed by atoms with van der Waals surface area (Å²) in [6.07, 6.45) is 10.1. The van der Waals surface area contributed by atoms with Gasteiger partial charge in [0.05, 0.1) is 22.8 Å². The van der Waals surface area contributed by atoms with Crippen molar-refractivity contribution in [1.29, 1.82) is 5.41 Å². The lowest BCUT2D eigenvalue weighted by Crippen LogP contribution is -2.28. The minimum Gasteiger partial charge on any atom is -0.397 e. The van der Waals surface area contributed by atoms with Crippen molar-refractivity contribution in [2.45, 2.75) is 13.8 Å². The molecule has 0 fully saturated rings. The maximum atomic E-state index is 14.0. The molecule has 1 heterocycles. The molecule has 0 radical (unpaired) electrons. The number of benzene rings is 1. The first-order valence-corrected chi connectivity index (χ1v) is 9.02. The fourth-order valence-electron chi connectivity index (χ4n) is 2.51. The lowest BCUT2D eigenvalue weighted by atomic mass is 10.1. The van der Waals surface area contributed by atoms with E-state index in [1.807, 2.05) is 19.9 Å². The minimum atomic E-state index is -0.331. The second-order valence-electron chi connectivity index (χ2n) is 6.08. The maximum absolute atomic E-state index is 14.0. The zero-order valence-electron chi connectivity index (χ0n) is 17.4. The molecule has 6 heteroatoms. The van der Waals surface area contributed by atoms with Gasteiger partial charge in [0.1, 0.15) is 11.5 Å². The van der Waals surface area contributed by atoms with Gasteiger partial charge in [-0.25, -0.2) is 4.39 Å². The van der Waals surface area contributed by atoms with Crippen LogP contribution in [0.2, 0.25) is 0 Å². The van der Waals surface area contributed by atoms with Crippen LogP contribution in [0, 0.1) is 18.2 Å². The molecular formula is C23H28FN5. The third-order valence-corrected chi connectivity index (χ3v) is 3.80. The molecule has 5 nitrogen and oxygen atoms in total. The smallest absolute Gasteiger partial charge is 0.146 e. The van der Waals surface area contributed by atoms with Crippen molar-refractivity contribution in [3.8, 4) is 0 Å². The number of pyridine rings is 1. The summed E-state index contributed by atoms with van der Waals surface area (Å²) in [5, 5.41) is 8.05. The van der Waals surface area contributed by atoms with Gasteiger partial charge in [-0.2, -0.15) is 0 Å². The Bertz CT molecular complexity index is 911. The number of anilines is 2. The molecule has 3 N–H and O–H groups in total. The molecule has 0 aliphatic carbocycles. The zero-order valence-corrected chi connectivity index (χ0v) is 17.4. The molecule has 0 saturated heterocycles. The number of nitrogens with two attached hydrogens (primary N) is 1. The molecule has 2 aromatic rings. The van der Waals surface area contributed by atoms with Crippen LogP contribution in [0.1, 0.15) is 12.5 Å². The van der Waals surface area contributed by atoms with Crippen molar-refractivity contribution < 1.29 is 4.39 Å². The summed E-state index contributed by atoms with van der Waals surface area (Å²) >= 11 is 0. The van der Waals surface area contributed by atoms with Crippen LogP contribution in [0.3, 0.4) is 0 Å². The normalized spacial score (nSPS) is 11.6. The van der Waals surface area contributed by atoms with Crippen molar-refractivity contribution in [3.05, 3.63) is 90.7 Å². The maximum Gasteiger partial charge on any atom is 0.146 e. The standard InChI is InChI=1S/C17H20FN3.C6H8N2/c1-5-9-14(19)17(20-3)16(10-6-2)21(4)15-12-8-7-11-13(15)18;1-5-2-6(7)4-8-3-5/h5-12,19H,2H2,1,3-4H3;2-4H,7H2,1H3/b9-5-,16-10-,19-14?,20-17?;. The quantitative estimate of drug-likeness (QED) is 0.537. The van der Waals surface area contributed by atoms with E-state index in [9.17, 15) is 4.39 Å². The van der Waals surface area contributed by atoms with E-state index in [0.29, 0.717) is 17.1 Å². The number of halogens is 1. The van der Waals surface area contributed by atoms with Crippen LogP contribution in [0.5, 0.6) is 0 Å². The first kappa shape index (κ1) is 23.5. The Hall–Kier alpha value is -3.54. The molecule has 0 amide bonds. The van der Waals surface area contributed by atoms with E-state index in [4.69, 9.17) is 11.1 Å². The summed E-state index contributed by atoms with van der Waals surface area (Å²) in [4.78, 5) is 9.69. The molecular weight excluding hydrogens is 365 g/mol. The first-order chi connectivity index (χ1) is 13.8. The lowest BCUT2D eigenvalue weighted by molar-refractivity contribution is 0.627. The van der Waals surface area contributed by atoms with Gasteiger partial charge in [-0.05, 0) is 49.8 Å². The number of rotatable bonds is 6. The van der Waals surface area contributed by atoms with Gasteiger partial charge in [0.25, 0.3) is 0 Å². The van der Waals surface area contributed by atoms with E-state index in [2.05, 4.69) is 16.6 Å². The number of aromatic nitrogens is 1. The Labute approximate surface area is 172 Å². The number of para-hydroxylation sites is 1. The number of nitrogen functional groups attached to an aromatic ring is 1. The van der Waals surface area contributed by atoms with E-state index < -0.39 is 0 Å². The number of hydrogen-bond donors (Lipinski definition) is 2. The highest BCUT2D eigenvalue weighted by Gasteiger charge is 2.17. The molecule has 0 saturated carbocycles. The molecule has 2 rings (SSSR count). The summed E-state index contributed by atoms with van der Waals surface area (Å²) in [6, 6.07) is 8.37. The van der Waals surface area contributed by atoms with E-state index in [1.54, 1.807) is 73.9 Å². The van der Waals surface area contributed by atoms with Gasteiger partial charge in [-0.15, -0.1) is 0 Å². The lowest BCUT2D eigenvalue weighted by Gasteiger charge is -2.24. The number of hydrogen-bond acceptors (Lipinski definition) is 5. The fraction of sp³-hybridized carbons (Fsp3) is 0.174. The monoisotopic (exact) mass is 393 g/mol. The molecule has 0 spiro atoms. The third-order valence-electron chi connectivity index (χ3n) is 3.80. The largest absolute Gasteiger partial charge is 0.397 e. The molecule has 152 valence electrons. The van der Waals surface area contributed by atoms with Gasteiger partial charge < -0.3 is 10.6 Å². The fourth-order valence-corrected chi connectivity index (χ4v) is 2.51. The van der Waals surface area contributed by atoms with E-state index in [1.165, 1.54) is 6.07 Å². The molecule has 0 bridgehead atoms. The Morgan fingerprint density at radius 1 is 1.31 bits per heavy atom. The highest BCUT2D eigenvalue weighted by Crippen LogP contribution is 2.22. The van der Waals surface area contributed by atoms with Gasteiger partial charge in [0.15, 0.2) is 0 Å². The van der Waals surface area contributed by atoms with Crippen LogP contribution in [0.15, 0.2) is 84.3 Å². The summed E-state index contributed by atoms with van der Waals surface area (Å²) in [7, 11) is 3.35. The molecule has 0 aliphatic heterocycles. The predicted octanol–water partition coefficient (Wildman–Crippen LogP) is 4.97. The molecule has 0 atom stereocenters. The van der Waals surface area contributed by atoms with Crippen molar-refractivity contribution in [2.24, 2.45) is 4.99 Å². The Morgan fingerprint density at radius 2 is 2.00 bits per heavy atom. The van der Waals surface area contributed by atoms with E-state index in [0.717, 1.165) is 11.3 Å². The van der Waals surface area contributed by atoms with Crippen molar-refractivity contribution in [3.63, 3.8) is 0 Å². The summed E-state index contributed by atoms with van der Waals surface area (Å²) in [5.74, 6) is -0.331. The first-order valence-electron chi connectivity index (χ1n) is 9.02. The summed E-state index contributed by atoms with van der Waals surface area (Å²) in [6.45, 7) is 7.47. The van der Waals surface area contributed by atoms with Gasteiger partial charge in [0, 0.05) is 26.5 Å². The number of nitrogens with zero attached hydrogens (tertiary/aromatic N) is 3. The van der Waals surface area contributed by atoms with Crippen LogP contribution in [-0.4, -0.2) is 30.5 Å². The Morgan fingerprint density at radius 3 is 2.48 bits per heavy atom. The average molecular weight is 394 g/mol. The number of aryl methyl sites for hydroxylation is 1. The topological polar surface area (TPSA) is 78.4 Å². The molecule has 0 aliphatic rings. The second kappa shape index (κ2) is 12.0. The Kier molecular flexibility index (Phi) is 9.74. The molecule has 0 unspecified atom stereocenters. The number of aliphatic imine (C=N–C) groups is 1. The number of allylic oxidation sites excluding steroid dienone is 5. The van der Waals surface area contributed by atoms with E-state index in [-0.39, 0.29) is 11.5 Å². The van der Waals surface area contributed by atoms with Crippen LogP contribution in [0.4, 0.5) is 15.8 Å². The minimum absolute atomic E-state index is 0.260. The van der Waals surface area contributed by atoms with Crippen LogP contribution >= 0.6 is 0 Å². The Balaban J connectivity index is 0.000000436. The highest BCUT2D eigenvalue weighted by atomic mass is 19.1. The highest BCUT2D eigenvalue weighted by molar-refractivity contribution is 6.51. The van der Waals surface area contributed by atoms with Crippen molar-refractivity contribution in [2.75, 3.05) is 24.7 Å². The molecule has 1 aromatic heterocycles. The van der Waals surface area contributed by atoms with Crippen molar-refractivity contribution >= 4 is 22.8 Å². The summed E-state index contributed by atoms with van der Waals surface area (Å²) < 4.78 is 14.0. The number of nitrogens with one attached hydrogen (secondary N) is 1. The SMILES string of the molecule is C=C/C=C(/C(=NC)C(=N)/C=C\C)N(C)c1ccccc1F.Cc1cncc(N)c1. The van der Waals surface area contributed by atoms with Gasteiger partial charge in [0.2, 0.25) is 0 Å². The van der Waals surface area contributed by atoms with E-state index >= 15 is 0 Å². The van der Waals surface area contributed by atoms with Crippen LogP contribution < -0.4 is 10.6 Å². The van der Waals surface area contributed by atoms with Gasteiger partial charge in [-0.1, -0.05) is 30.9 Å². The third kappa shape index (κ3) is 7.18. The van der Waals surface area contributed by atoms with Crippen LogP contribution in [-0.2, 0) is 0 Å². The van der Waals surface area contributed by atoms with Gasteiger partial charge in [-0.3, -0.25) is 15.4 Å². The average Bonchev–Trinajstić information content (AvgIpc) is 2.68. The van der Waals surface area contributed by atoms with Gasteiger partial charge >= 0.3 is 0 Å².